The summed E-state index contributed by atoms with van der Waals surface area (Å²) >= 11 is 0. The van der Waals surface area contributed by atoms with Crippen LogP contribution in [0, 0.1) is 0 Å². The zero-order valence-electron chi connectivity index (χ0n) is 11.7. The fourth-order valence-electron chi connectivity index (χ4n) is 1.46. The summed E-state index contributed by atoms with van der Waals surface area (Å²) in [4.78, 5) is 23.1. The fraction of sp³-hybridized carbons (Fsp3) is 0.615. The molecule has 0 aliphatic heterocycles. The summed E-state index contributed by atoms with van der Waals surface area (Å²) in [5, 5.41) is 0. The van der Waals surface area contributed by atoms with Crippen LogP contribution in [0.4, 0.5) is 0 Å². The Balaban J connectivity index is 2.32. The maximum absolute atomic E-state index is 11.6. The molecule has 0 radical (unpaired) electrons. The summed E-state index contributed by atoms with van der Waals surface area (Å²) in [6.07, 6.45) is 6.22. The van der Waals surface area contributed by atoms with Gasteiger partial charge in [0, 0.05) is 0 Å². The molecule has 1 heterocycles. The first-order valence-corrected chi connectivity index (χ1v) is 6.40. The Bertz CT molecular complexity index is 428. The van der Waals surface area contributed by atoms with Gasteiger partial charge in [-0.3, -0.25) is 0 Å². The van der Waals surface area contributed by atoms with E-state index in [1.807, 2.05) is 24.7 Å². The first-order chi connectivity index (χ1) is 9.02. The van der Waals surface area contributed by atoms with Crippen molar-refractivity contribution in [3.8, 4) is 0 Å². The average molecular weight is 269 g/mol. The lowest BCUT2D eigenvalue weighted by Gasteiger charge is -2.11. The van der Waals surface area contributed by atoms with Crippen molar-refractivity contribution >= 4 is 11.9 Å². The fourth-order valence-corrected chi connectivity index (χ4v) is 1.46. The van der Waals surface area contributed by atoms with Gasteiger partial charge in [-0.1, -0.05) is 13.3 Å². The molecule has 6 nitrogen and oxygen atoms in total. The average Bonchev–Trinajstić information content (AvgIpc) is 2.74. The normalized spacial score (nSPS) is 11.9. The summed E-state index contributed by atoms with van der Waals surface area (Å²) in [6.45, 7) is 3.97. The molecule has 0 fully saturated rings. The number of ether oxygens (including phenoxy) is 2. The van der Waals surface area contributed by atoms with Crippen LogP contribution in [-0.2, 0) is 32.7 Å². The van der Waals surface area contributed by atoms with E-state index < -0.39 is 18.0 Å². The summed E-state index contributed by atoms with van der Waals surface area (Å²) < 4.78 is 13.5. The third-order valence-corrected chi connectivity index (χ3v) is 2.52. The highest BCUT2D eigenvalue weighted by Crippen LogP contribution is 1.98. The molecule has 0 bridgehead atoms. The molecule has 0 saturated heterocycles. The molecule has 0 aliphatic carbocycles. The van der Waals surface area contributed by atoms with Gasteiger partial charge in [0.2, 0.25) is 6.33 Å². The minimum Gasteiger partial charge on any atom is -0.463 e. The highest BCUT2D eigenvalue weighted by molar-refractivity contribution is 5.78. The van der Waals surface area contributed by atoms with Crippen molar-refractivity contribution in [2.75, 3.05) is 6.61 Å². The molecular formula is C13H21N2O4+. The minimum atomic E-state index is -0.867. The second kappa shape index (κ2) is 7.56. The molecule has 6 heteroatoms. The predicted molar refractivity (Wildman–Crippen MR) is 67.0 cm³/mol. The highest BCUT2D eigenvalue weighted by atomic mass is 16.6. The Labute approximate surface area is 112 Å². The second-order valence-corrected chi connectivity index (χ2v) is 4.40. The van der Waals surface area contributed by atoms with Gasteiger partial charge in [0.15, 0.2) is 12.6 Å². The van der Waals surface area contributed by atoms with Crippen LogP contribution in [-0.4, -0.2) is 29.2 Å². The summed E-state index contributed by atoms with van der Waals surface area (Å²) in [7, 11) is 1.86. The number of hydrogen-bond acceptors (Lipinski definition) is 4. The maximum atomic E-state index is 11.6. The number of esters is 2. The van der Waals surface area contributed by atoms with Gasteiger partial charge in [-0.25, -0.2) is 18.7 Å². The smallest absolute Gasteiger partial charge is 0.349 e. The van der Waals surface area contributed by atoms with E-state index >= 15 is 0 Å². The number of nitrogens with zero attached hydrogens (tertiary/aromatic N) is 2. The Hall–Kier alpha value is -1.85. The van der Waals surface area contributed by atoms with Crippen LogP contribution < -0.4 is 4.57 Å². The standard InChI is InChI=1S/C13H21N2O4/c1-4-5-8-18-13(17)11(2)19-12(16)9-15-7-6-14(3)10-15/h6-7,10-11H,4-5,8-9H2,1-3H3/q+1. The molecule has 1 aromatic heterocycles. The molecule has 0 aliphatic rings. The van der Waals surface area contributed by atoms with Crippen LogP contribution in [0.1, 0.15) is 26.7 Å². The lowest BCUT2D eigenvalue weighted by atomic mass is 10.3. The third kappa shape index (κ3) is 5.54. The first-order valence-electron chi connectivity index (χ1n) is 6.40. The van der Waals surface area contributed by atoms with Crippen molar-refractivity contribution in [2.24, 2.45) is 7.05 Å². The molecule has 1 unspecified atom stereocenters. The monoisotopic (exact) mass is 269 g/mol. The van der Waals surface area contributed by atoms with Gasteiger partial charge in [-0.2, -0.15) is 0 Å². The number of unbranched alkanes of at least 4 members (excludes halogenated alkanes) is 1. The Morgan fingerprint density at radius 1 is 1.42 bits per heavy atom. The Morgan fingerprint density at radius 3 is 2.74 bits per heavy atom. The van der Waals surface area contributed by atoms with E-state index in [0.717, 1.165) is 12.8 Å². The molecule has 1 rings (SSSR count). The van der Waals surface area contributed by atoms with Crippen LogP contribution >= 0.6 is 0 Å². The van der Waals surface area contributed by atoms with Crippen molar-refractivity contribution in [3.05, 3.63) is 18.7 Å². The maximum Gasteiger partial charge on any atom is 0.349 e. The van der Waals surface area contributed by atoms with E-state index in [0.29, 0.717) is 6.61 Å². The molecule has 0 aromatic carbocycles. The summed E-state index contributed by atoms with van der Waals surface area (Å²) in [5.41, 5.74) is 0. The minimum absolute atomic E-state index is 0.0768. The topological polar surface area (TPSA) is 61.4 Å². The van der Waals surface area contributed by atoms with E-state index in [1.54, 1.807) is 17.1 Å². The second-order valence-electron chi connectivity index (χ2n) is 4.40. The number of carbonyl (C=O) groups is 2. The number of imidazole rings is 1. The van der Waals surface area contributed by atoms with Gasteiger partial charge in [0.25, 0.3) is 0 Å². The first kappa shape index (κ1) is 15.2. The number of aryl methyl sites for hydroxylation is 1. The zero-order valence-corrected chi connectivity index (χ0v) is 11.7. The number of hydrogen-bond donors (Lipinski definition) is 0. The zero-order chi connectivity index (χ0) is 14.3. The van der Waals surface area contributed by atoms with E-state index in [9.17, 15) is 9.59 Å². The summed E-state index contributed by atoms with van der Waals surface area (Å²) in [6, 6.07) is 0. The van der Waals surface area contributed by atoms with E-state index in [2.05, 4.69) is 0 Å². The molecule has 1 aromatic rings. The van der Waals surface area contributed by atoms with Crippen molar-refractivity contribution in [1.82, 2.24) is 4.57 Å². The molecule has 0 saturated carbocycles. The molecule has 106 valence electrons. The van der Waals surface area contributed by atoms with Crippen molar-refractivity contribution < 1.29 is 23.6 Å². The van der Waals surface area contributed by atoms with Crippen LogP contribution in [0.15, 0.2) is 18.7 Å². The molecule has 1 atom stereocenters. The van der Waals surface area contributed by atoms with Crippen LogP contribution in [0.2, 0.25) is 0 Å². The Kier molecular flexibility index (Phi) is 6.05. The predicted octanol–water partition coefficient (Wildman–Crippen LogP) is 0.588. The SMILES string of the molecule is CCCCOC(=O)C(C)OC(=O)C[n+]1ccn(C)c1. The van der Waals surface area contributed by atoms with Gasteiger partial charge in [0.1, 0.15) is 12.4 Å². The van der Waals surface area contributed by atoms with Gasteiger partial charge in [-0.15, -0.1) is 0 Å². The molecule has 0 spiro atoms. The lowest BCUT2D eigenvalue weighted by molar-refractivity contribution is -0.685. The van der Waals surface area contributed by atoms with Gasteiger partial charge >= 0.3 is 11.9 Å². The lowest BCUT2D eigenvalue weighted by Crippen LogP contribution is -2.39. The van der Waals surface area contributed by atoms with Crippen molar-refractivity contribution in [3.63, 3.8) is 0 Å². The number of aromatic nitrogens is 2. The van der Waals surface area contributed by atoms with Crippen LogP contribution in [0.5, 0.6) is 0 Å². The number of carbonyl (C=O) groups excluding carboxylic acids is 2. The third-order valence-electron chi connectivity index (χ3n) is 2.52. The summed E-state index contributed by atoms with van der Waals surface area (Å²) in [5.74, 6) is -0.962. The Morgan fingerprint density at radius 2 is 2.16 bits per heavy atom. The van der Waals surface area contributed by atoms with E-state index in [4.69, 9.17) is 9.47 Å². The van der Waals surface area contributed by atoms with Crippen molar-refractivity contribution in [1.29, 1.82) is 0 Å². The van der Waals surface area contributed by atoms with Gasteiger partial charge in [-0.05, 0) is 13.3 Å². The molecule has 19 heavy (non-hydrogen) atoms. The van der Waals surface area contributed by atoms with E-state index in [1.165, 1.54) is 6.92 Å². The van der Waals surface area contributed by atoms with Crippen molar-refractivity contribution in [2.45, 2.75) is 39.3 Å². The van der Waals surface area contributed by atoms with Crippen LogP contribution in [0.3, 0.4) is 0 Å². The molecular weight excluding hydrogens is 248 g/mol. The number of rotatable bonds is 7. The molecule has 0 amide bonds. The van der Waals surface area contributed by atoms with Crippen LogP contribution in [0.25, 0.3) is 0 Å². The quantitative estimate of drug-likeness (QED) is 0.413. The largest absolute Gasteiger partial charge is 0.463 e. The van der Waals surface area contributed by atoms with E-state index in [-0.39, 0.29) is 6.54 Å². The van der Waals surface area contributed by atoms with Gasteiger partial charge in [0.05, 0.1) is 13.7 Å². The highest BCUT2D eigenvalue weighted by Gasteiger charge is 2.20. The van der Waals surface area contributed by atoms with Gasteiger partial charge < -0.3 is 9.47 Å². The molecule has 0 N–H and O–H groups in total.